The third kappa shape index (κ3) is 1.60. The van der Waals surface area contributed by atoms with Crippen LogP contribution in [0.25, 0.3) is 0 Å². The van der Waals surface area contributed by atoms with E-state index in [9.17, 15) is 0 Å². The maximum atomic E-state index is 8.95. The third-order valence-corrected chi connectivity index (χ3v) is 3.27. The highest BCUT2D eigenvalue weighted by Crippen LogP contribution is 2.32. The Morgan fingerprint density at radius 1 is 1.50 bits per heavy atom. The van der Waals surface area contributed by atoms with Gasteiger partial charge >= 0.3 is 0 Å². The van der Waals surface area contributed by atoms with E-state index in [0.29, 0.717) is 5.71 Å². The minimum absolute atomic E-state index is 0.215. The second kappa shape index (κ2) is 3.97. The van der Waals surface area contributed by atoms with Crippen LogP contribution in [0.4, 0.5) is 0 Å². The molecular formula is C10H15N3O. The molecule has 1 unspecified atom stereocenters. The van der Waals surface area contributed by atoms with Crippen molar-refractivity contribution >= 4 is 5.71 Å². The predicted molar refractivity (Wildman–Crippen MR) is 52.8 cm³/mol. The zero-order valence-electron chi connectivity index (χ0n) is 8.44. The van der Waals surface area contributed by atoms with Crippen LogP contribution in [0.1, 0.15) is 19.3 Å². The van der Waals surface area contributed by atoms with E-state index in [0.717, 1.165) is 25.4 Å². The van der Waals surface area contributed by atoms with Crippen LogP contribution in [0.2, 0.25) is 0 Å². The van der Waals surface area contributed by atoms with Crippen molar-refractivity contribution in [3.63, 3.8) is 0 Å². The van der Waals surface area contributed by atoms with Crippen molar-refractivity contribution in [2.45, 2.75) is 25.3 Å². The highest BCUT2D eigenvalue weighted by molar-refractivity contribution is 6.02. The van der Waals surface area contributed by atoms with Crippen molar-refractivity contribution in [3.05, 3.63) is 0 Å². The smallest absolute Gasteiger partial charge is 0.173 e. The average molecular weight is 193 g/mol. The summed E-state index contributed by atoms with van der Waals surface area (Å²) in [6.45, 7) is 2.22. The SMILES string of the molecule is CO/N=C(\C#N)C1CC2CCN1CC2. The minimum Gasteiger partial charge on any atom is -0.398 e. The van der Waals surface area contributed by atoms with E-state index in [4.69, 9.17) is 10.1 Å². The summed E-state index contributed by atoms with van der Waals surface area (Å²) < 4.78 is 0. The molecule has 0 aliphatic carbocycles. The Bertz CT molecular complexity index is 274. The fourth-order valence-electron chi connectivity index (χ4n) is 2.50. The molecule has 0 aromatic carbocycles. The molecule has 0 spiro atoms. The lowest BCUT2D eigenvalue weighted by atomic mass is 9.82. The van der Waals surface area contributed by atoms with E-state index in [-0.39, 0.29) is 6.04 Å². The number of piperidine rings is 3. The van der Waals surface area contributed by atoms with Crippen molar-refractivity contribution < 1.29 is 4.84 Å². The van der Waals surface area contributed by atoms with Crippen LogP contribution >= 0.6 is 0 Å². The molecule has 0 amide bonds. The summed E-state index contributed by atoms with van der Waals surface area (Å²) in [5, 5.41) is 12.7. The molecule has 0 N–H and O–H groups in total. The Balaban J connectivity index is 2.11. The quantitative estimate of drug-likeness (QED) is 0.485. The lowest BCUT2D eigenvalue weighted by Gasteiger charge is -2.44. The molecule has 3 aliphatic rings. The van der Waals surface area contributed by atoms with Crippen molar-refractivity contribution in [1.82, 2.24) is 4.90 Å². The topological polar surface area (TPSA) is 48.6 Å². The summed E-state index contributed by atoms with van der Waals surface area (Å²) in [6, 6.07) is 2.36. The lowest BCUT2D eigenvalue weighted by molar-refractivity contribution is 0.0806. The Labute approximate surface area is 84.1 Å². The molecule has 76 valence electrons. The summed E-state index contributed by atoms with van der Waals surface area (Å²) in [6.07, 6.45) is 3.64. The summed E-state index contributed by atoms with van der Waals surface area (Å²) in [7, 11) is 1.49. The van der Waals surface area contributed by atoms with Crippen LogP contribution in [0, 0.1) is 17.2 Å². The molecule has 3 fully saturated rings. The first-order chi connectivity index (χ1) is 6.85. The highest BCUT2D eigenvalue weighted by atomic mass is 16.6. The average Bonchev–Trinajstić information content (AvgIpc) is 2.27. The summed E-state index contributed by atoms with van der Waals surface area (Å²) in [5.41, 5.74) is 0.539. The molecule has 0 radical (unpaired) electrons. The summed E-state index contributed by atoms with van der Waals surface area (Å²) in [5.74, 6) is 0.792. The first-order valence-corrected chi connectivity index (χ1v) is 5.10. The van der Waals surface area contributed by atoms with Crippen molar-refractivity contribution in [1.29, 1.82) is 5.26 Å². The number of nitriles is 1. The molecule has 4 heteroatoms. The van der Waals surface area contributed by atoms with Gasteiger partial charge in [-0.05, 0) is 38.3 Å². The third-order valence-electron chi connectivity index (χ3n) is 3.27. The van der Waals surface area contributed by atoms with Crippen molar-refractivity contribution in [2.75, 3.05) is 20.2 Å². The normalized spacial score (nSPS) is 36.6. The predicted octanol–water partition coefficient (Wildman–Crippen LogP) is 0.997. The second-order valence-electron chi connectivity index (χ2n) is 4.00. The molecule has 3 aliphatic heterocycles. The van der Waals surface area contributed by atoms with E-state index in [1.165, 1.54) is 20.0 Å². The molecule has 3 heterocycles. The lowest BCUT2D eigenvalue weighted by Crippen LogP contribution is -2.52. The first-order valence-electron chi connectivity index (χ1n) is 5.10. The number of fused-ring (bicyclic) bond motifs is 3. The molecular weight excluding hydrogens is 178 g/mol. The molecule has 4 nitrogen and oxygen atoms in total. The van der Waals surface area contributed by atoms with Crippen LogP contribution in [-0.2, 0) is 4.84 Å². The van der Waals surface area contributed by atoms with Gasteiger partial charge < -0.3 is 4.84 Å². The van der Waals surface area contributed by atoms with Crippen LogP contribution in [0.5, 0.6) is 0 Å². The fraction of sp³-hybridized carbons (Fsp3) is 0.800. The van der Waals surface area contributed by atoms with Crippen molar-refractivity contribution in [2.24, 2.45) is 11.1 Å². The molecule has 1 atom stereocenters. The molecule has 3 saturated heterocycles. The Morgan fingerprint density at radius 2 is 2.21 bits per heavy atom. The van der Waals surface area contributed by atoms with Crippen LogP contribution in [0.15, 0.2) is 5.16 Å². The van der Waals surface area contributed by atoms with Gasteiger partial charge in [0.1, 0.15) is 13.2 Å². The Kier molecular flexibility index (Phi) is 2.69. The molecule has 14 heavy (non-hydrogen) atoms. The molecule has 0 aromatic rings. The number of nitrogens with zero attached hydrogens (tertiary/aromatic N) is 3. The van der Waals surface area contributed by atoms with Gasteiger partial charge in [0.25, 0.3) is 0 Å². The zero-order chi connectivity index (χ0) is 9.97. The Morgan fingerprint density at radius 3 is 2.64 bits per heavy atom. The maximum Gasteiger partial charge on any atom is 0.173 e. The van der Waals surface area contributed by atoms with E-state index in [1.54, 1.807) is 0 Å². The second-order valence-corrected chi connectivity index (χ2v) is 4.00. The molecule has 3 rings (SSSR count). The maximum absolute atomic E-state index is 8.95. The van der Waals surface area contributed by atoms with Gasteiger partial charge in [0.15, 0.2) is 5.71 Å². The number of hydrogen-bond donors (Lipinski definition) is 0. The van der Waals surface area contributed by atoms with Gasteiger partial charge in [-0.15, -0.1) is 0 Å². The van der Waals surface area contributed by atoms with E-state index < -0.39 is 0 Å². The fourth-order valence-corrected chi connectivity index (χ4v) is 2.50. The van der Waals surface area contributed by atoms with Gasteiger partial charge in [-0.1, -0.05) is 5.16 Å². The van der Waals surface area contributed by atoms with E-state index in [1.807, 2.05) is 0 Å². The minimum atomic E-state index is 0.215. The van der Waals surface area contributed by atoms with E-state index in [2.05, 4.69) is 16.1 Å². The molecule has 0 saturated carbocycles. The van der Waals surface area contributed by atoms with Gasteiger partial charge in [0.2, 0.25) is 0 Å². The summed E-state index contributed by atoms with van der Waals surface area (Å²) >= 11 is 0. The van der Waals surface area contributed by atoms with Gasteiger partial charge in [0, 0.05) is 0 Å². The zero-order valence-corrected chi connectivity index (χ0v) is 8.44. The largest absolute Gasteiger partial charge is 0.398 e. The number of oxime groups is 1. The van der Waals surface area contributed by atoms with Gasteiger partial charge in [-0.3, -0.25) is 4.90 Å². The number of rotatable bonds is 2. The highest BCUT2D eigenvalue weighted by Gasteiger charge is 2.36. The first kappa shape index (κ1) is 9.47. The Hall–Kier alpha value is -1.08. The van der Waals surface area contributed by atoms with Gasteiger partial charge in [-0.25, -0.2) is 0 Å². The summed E-state index contributed by atoms with van der Waals surface area (Å²) in [4.78, 5) is 7.04. The van der Waals surface area contributed by atoms with Crippen molar-refractivity contribution in [3.8, 4) is 6.07 Å². The van der Waals surface area contributed by atoms with Gasteiger partial charge in [0.05, 0.1) is 6.04 Å². The van der Waals surface area contributed by atoms with Crippen LogP contribution < -0.4 is 0 Å². The molecule has 2 bridgehead atoms. The molecule has 0 aromatic heterocycles. The monoisotopic (exact) mass is 193 g/mol. The van der Waals surface area contributed by atoms with Gasteiger partial charge in [-0.2, -0.15) is 5.26 Å². The van der Waals surface area contributed by atoms with Crippen LogP contribution in [-0.4, -0.2) is 36.9 Å². The van der Waals surface area contributed by atoms with Crippen LogP contribution in [0.3, 0.4) is 0 Å². The van der Waals surface area contributed by atoms with E-state index >= 15 is 0 Å². The number of hydrogen-bond acceptors (Lipinski definition) is 4. The standard InChI is InChI=1S/C10H15N3O/c1-14-12-9(7-11)10-6-8-2-4-13(10)5-3-8/h8,10H,2-6H2,1H3/b12-9+.